The van der Waals surface area contributed by atoms with E-state index in [1.54, 1.807) is 4.90 Å². The van der Waals surface area contributed by atoms with E-state index in [0.29, 0.717) is 43.6 Å². The maximum Gasteiger partial charge on any atom is 0.410 e. The first-order valence-corrected chi connectivity index (χ1v) is 13.7. The Kier molecular flexibility index (Phi) is 7.68. The van der Waals surface area contributed by atoms with Crippen molar-refractivity contribution in [3.63, 3.8) is 0 Å². The van der Waals surface area contributed by atoms with E-state index >= 15 is 0 Å². The summed E-state index contributed by atoms with van der Waals surface area (Å²) < 4.78 is 10.9. The van der Waals surface area contributed by atoms with Crippen LogP contribution in [-0.4, -0.2) is 90.8 Å². The van der Waals surface area contributed by atoms with Gasteiger partial charge >= 0.3 is 18.1 Å². The number of rotatable bonds is 4. The van der Waals surface area contributed by atoms with Crippen LogP contribution in [0, 0.1) is 11.8 Å². The van der Waals surface area contributed by atoms with Crippen molar-refractivity contribution in [2.75, 3.05) is 57.3 Å². The second-order valence-corrected chi connectivity index (χ2v) is 11.7. The molecule has 0 saturated carbocycles. The predicted octanol–water partition coefficient (Wildman–Crippen LogP) is 4.08. The van der Waals surface area contributed by atoms with E-state index in [1.165, 1.54) is 0 Å². The number of likely N-dealkylation sites (tertiary alicyclic amines) is 1. The number of carbonyl (C=O) groups is 3. The molecule has 2 unspecified atom stereocenters. The predicted molar refractivity (Wildman–Crippen MR) is 148 cm³/mol. The topological polar surface area (TPSA) is 82.6 Å². The van der Waals surface area contributed by atoms with Crippen LogP contribution < -0.4 is 4.90 Å². The van der Waals surface area contributed by atoms with Crippen molar-refractivity contribution < 1.29 is 23.9 Å². The van der Waals surface area contributed by atoms with Gasteiger partial charge in [-0.2, -0.15) is 0 Å². The molecule has 2 atom stereocenters. The third kappa shape index (κ3) is 6.46. The summed E-state index contributed by atoms with van der Waals surface area (Å²) in [4.78, 5) is 45.8. The first-order valence-electron chi connectivity index (χ1n) is 13.7. The number of ether oxygens (including phenoxy) is 2. The van der Waals surface area contributed by atoms with E-state index in [4.69, 9.17) is 9.47 Å². The first-order chi connectivity index (χ1) is 18.7. The molecule has 3 amide bonds. The SMILES string of the molecule is CC(C)(C)OC(=O)N1CCN(C(=O)N2CC3CN(c4ccc(C(=O)OCc5ccccc5)cc4)CC3C2)CC1. The summed E-state index contributed by atoms with van der Waals surface area (Å²) in [6.07, 6.45) is -0.317. The van der Waals surface area contributed by atoms with Crippen molar-refractivity contribution in [2.45, 2.75) is 33.0 Å². The molecule has 9 heteroatoms. The molecule has 0 spiro atoms. The van der Waals surface area contributed by atoms with E-state index in [-0.39, 0.29) is 24.7 Å². The summed E-state index contributed by atoms with van der Waals surface area (Å²) in [5.41, 5.74) is 2.06. The van der Waals surface area contributed by atoms with Crippen LogP contribution in [-0.2, 0) is 16.1 Å². The summed E-state index contributed by atoms with van der Waals surface area (Å²) in [7, 11) is 0. The van der Waals surface area contributed by atoms with Crippen LogP contribution in [0.1, 0.15) is 36.7 Å². The molecule has 0 radical (unpaired) electrons. The second kappa shape index (κ2) is 11.2. The Morgan fingerprint density at radius 3 is 1.95 bits per heavy atom. The molecular formula is C30H38N4O5. The van der Waals surface area contributed by atoms with Gasteiger partial charge in [0, 0.05) is 69.9 Å². The highest BCUT2D eigenvalue weighted by atomic mass is 16.6. The highest BCUT2D eigenvalue weighted by molar-refractivity contribution is 5.89. The van der Waals surface area contributed by atoms with E-state index in [1.807, 2.05) is 85.2 Å². The number of piperazine rings is 1. The molecule has 0 N–H and O–H groups in total. The largest absolute Gasteiger partial charge is 0.457 e. The minimum absolute atomic E-state index is 0.0677. The van der Waals surface area contributed by atoms with Gasteiger partial charge in [0.05, 0.1) is 5.56 Å². The molecule has 3 aliphatic rings. The molecule has 3 aliphatic heterocycles. The van der Waals surface area contributed by atoms with Gasteiger partial charge in [-0.1, -0.05) is 30.3 Å². The number of amides is 3. The molecule has 3 fully saturated rings. The molecular weight excluding hydrogens is 496 g/mol. The maximum absolute atomic E-state index is 13.2. The molecule has 39 heavy (non-hydrogen) atoms. The maximum atomic E-state index is 13.2. The number of carbonyl (C=O) groups excluding carboxylic acids is 3. The van der Waals surface area contributed by atoms with Gasteiger partial charge in [-0.3, -0.25) is 0 Å². The van der Waals surface area contributed by atoms with E-state index in [2.05, 4.69) is 4.90 Å². The first kappa shape index (κ1) is 26.8. The minimum atomic E-state index is -0.526. The van der Waals surface area contributed by atoms with Gasteiger partial charge in [0.1, 0.15) is 12.2 Å². The molecule has 2 aromatic carbocycles. The Balaban J connectivity index is 1.07. The van der Waals surface area contributed by atoms with Gasteiger partial charge in [0.2, 0.25) is 0 Å². The fourth-order valence-corrected chi connectivity index (χ4v) is 5.58. The fourth-order valence-electron chi connectivity index (χ4n) is 5.58. The summed E-state index contributed by atoms with van der Waals surface area (Å²) in [5, 5.41) is 0. The number of benzene rings is 2. The molecule has 208 valence electrons. The second-order valence-electron chi connectivity index (χ2n) is 11.7. The average molecular weight is 535 g/mol. The van der Waals surface area contributed by atoms with Crippen molar-refractivity contribution in [1.29, 1.82) is 0 Å². The summed E-state index contributed by atoms with van der Waals surface area (Å²) in [6, 6.07) is 17.3. The lowest BCUT2D eigenvalue weighted by Crippen LogP contribution is -2.54. The number of nitrogens with zero attached hydrogens (tertiary/aromatic N) is 4. The van der Waals surface area contributed by atoms with E-state index < -0.39 is 5.60 Å². The van der Waals surface area contributed by atoms with Gasteiger partial charge < -0.3 is 29.1 Å². The number of anilines is 1. The summed E-state index contributed by atoms with van der Waals surface area (Å²) >= 11 is 0. The van der Waals surface area contributed by atoms with Crippen molar-refractivity contribution in [3.05, 3.63) is 65.7 Å². The summed E-state index contributed by atoms with van der Waals surface area (Å²) in [5.74, 6) is 0.518. The molecule has 5 rings (SSSR count). The van der Waals surface area contributed by atoms with Crippen LogP contribution >= 0.6 is 0 Å². The van der Waals surface area contributed by atoms with Gasteiger partial charge in [0.15, 0.2) is 0 Å². The van der Waals surface area contributed by atoms with Crippen LogP contribution in [0.25, 0.3) is 0 Å². The average Bonchev–Trinajstić information content (AvgIpc) is 3.51. The number of urea groups is 1. The van der Waals surface area contributed by atoms with Gasteiger partial charge in [-0.15, -0.1) is 0 Å². The summed E-state index contributed by atoms with van der Waals surface area (Å²) in [6.45, 7) is 11.1. The lowest BCUT2D eigenvalue weighted by molar-refractivity contribution is 0.0159. The Morgan fingerprint density at radius 2 is 1.36 bits per heavy atom. The zero-order valence-corrected chi connectivity index (χ0v) is 23.0. The highest BCUT2D eigenvalue weighted by Crippen LogP contribution is 2.34. The molecule has 0 aromatic heterocycles. The molecule has 0 bridgehead atoms. The quantitative estimate of drug-likeness (QED) is 0.550. The Labute approximate surface area is 230 Å². The van der Waals surface area contributed by atoms with Gasteiger partial charge in [0.25, 0.3) is 0 Å². The smallest absolute Gasteiger partial charge is 0.410 e. The molecule has 0 aliphatic carbocycles. The van der Waals surface area contributed by atoms with Crippen molar-refractivity contribution in [3.8, 4) is 0 Å². The van der Waals surface area contributed by atoms with Gasteiger partial charge in [-0.25, -0.2) is 14.4 Å². The standard InChI is InChI=1S/C30H38N4O5/c1-30(2,3)39-29(37)32-15-13-31(14-16-32)28(36)34-19-24-17-33(18-25(24)20-34)26-11-9-23(10-12-26)27(35)38-21-22-7-5-4-6-8-22/h4-12,24-25H,13-21H2,1-3H3. The number of hydrogen-bond donors (Lipinski definition) is 0. The molecule has 3 saturated heterocycles. The normalized spacial score (nSPS) is 21.1. The zero-order chi connectivity index (χ0) is 27.6. The van der Waals surface area contributed by atoms with Gasteiger partial charge in [-0.05, 0) is 50.6 Å². The van der Waals surface area contributed by atoms with E-state index in [9.17, 15) is 14.4 Å². The van der Waals surface area contributed by atoms with E-state index in [0.717, 1.165) is 37.4 Å². The van der Waals surface area contributed by atoms with Crippen LogP contribution in [0.15, 0.2) is 54.6 Å². The zero-order valence-electron chi connectivity index (χ0n) is 23.0. The third-order valence-corrected chi connectivity index (χ3v) is 7.64. The highest BCUT2D eigenvalue weighted by Gasteiger charge is 2.43. The Hall–Kier alpha value is -3.75. The third-order valence-electron chi connectivity index (χ3n) is 7.64. The van der Waals surface area contributed by atoms with Crippen LogP contribution in [0.3, 0.4) is 0 Å². The van der Waals surface area contributed by atoms with Crippen LogP contribution in [0.2, 0.25) is 0 Å². The monoisotopic (exact) mass is 534 g/mol. The Bertz CT molecular complexity index is 1160. The molecule has 9 nitrogen and oxygen atoms in total. The van der Waals surface area contributed by atoms with Crippen LogP contribution in [0.5, 0.6) is 0 Å². The van der Waals surface area contributed by atoms with Crippen molar-refractivity contribution >= 4 is 23.8 Å². The number of esters is 1. The molecule has 2 aromatic rings. The molecule has 3 heterocycles. The lowest BCUT2D eigenvalue weighted by Gasteiger charge is -2.37. The number of hydrogen-bond acceptors (Lipinski definition) is 6. The number of fused-ring (bicyclic) bond motifs is 1. The minimum Gasteiger partial charge on any atom is -0.457 e. The van der Waals surface area contributed by atoms with Crippen molar-refractivity contribution in [1.82, 2.24) is 14.7 Å². The lowest BCUT2D eigenvalue weighted by atomic mass is 10.0. The van der Waals surface area contributed by atoms with Crippen LogP contribution in [0.4, 0.5) is 15.3 Å². The Morgan fingerprint density at radius 1 is 0.769 bits per heavy atom. The van der Waals surface area contributed by atoms with Crippen molar-refractivity contribution in [2.24, 2.45) is 11.8 Å². The fraction of sp³-hybridized carbons (Fsp3) is 0.500.